The van der Waals surface area contributed by atoms with Gasteiger partial charge in [-0.05, 0) is 52.4 Å². The quantitative estimate of drug-likeness (QED) is 0.166. The highest BCUT2D eigenvalue weighted by atomic mass is 127. The molecule has 7 nitrogen and oxygen atoms in total. The number of benzene rings is 2. The van der Waals surface area contributed by atoms with Crippen LogP contribution in [-0.4, -0.2) is 22.1 Å². The molecule has 0 aliphatic carbocycles. The molecular weight excluding hydrogens is 482 g/mol. The normalized spacial score (nSPS) is 11.2. The number of nitrogens with two attached hydrogens (primary N) is 2. The van der Waals surface area contributed by atoms with Crippen LogP contribution in [0.25, 0.3) is 0 Å². The van der Waals surface area contributed by atoms with Gasteiger partial charge in [0.25, 0.3) is 0 Å². The summed E-state index contributed by atoms with van der Waals surface area (Å²) in [4.78, 5) is 0. The van der Waals surface area contributed by atoms with E-state index in [1.165, 1.54) is 0 Å². The number of ether oxygens (including phenoxy) is 1. The van der Waals surface area contributed by atoms with Crippen LogP contribution in [0.5, 0.6) is 5.75 Å². The van der Waals surface area contributed by atoms with Gasteiger partial charge in [-0.15, -0.1) is 24.8 Å². The van der Waals surface area contributed by atoms with E-state index in [2.05, 4.69) is 32.9 Å². The molecule has 2 aromatic rings. The molecule has 6 N–H and O–H groups in total. The van der Waals surface area contributed by atoms with Crippen molar-refractivity contribution >= 4 is 59.1 Å². The number of halogens is 3. The van der Waals surface area contributed by atoms with E-state index in [9.17, 15) is 0 Å². The Kier molecular flexibility index (Phi) is 10.0. The fraction of sp³-hybridized carbons (Fsp3) is 0.0667. The maximum atomic E-state index is 8.71. The van der Waals surface area contributed by atoms with E-state index in [-0.39, 0.29) is 36.5 Å². The van der Waals surface area contributed by atoms with Crippen LogP contribution >= 0.6 is 47.4 Å². The lowest BCUT2D eigenvalue weighted by molar-refractivity contribution is 0.304. The van der Waals surface area contributed by atoms with Crippen LogP contribution < -0.4 is 16.2 Å². The van der Waals surface area contributed by atoms with Crippen molar-refractivity contribution < 1.29 is 15.2 Å². The summed E-state index contributed by atoms with van der Waals surface area (Å²) in [7, 11) is 0. The van der Waals surface area contributed by atoms with Gasteiger partial charge in [0, 0.05) is 11.1 Å². The van der Waals surface area contributed by atoms with Gasteiger partial charge in [0.1, 0.15) is 12.4 Å². The van der Waals surface area contributed by atoms with Crippen molar-refractivity contribution in [3.05, 3.63) is 62.7 Å². The van der Waals surface area contributed by atoms with Crippen LogP contribution in [0.2, 0.25) is 0 Å². The van der Waals surface area contributed by atoms with Gasteiger partial charge in [0.2, 0.25) is 0 Å². The smallest absolute Gasteiger partial charge is 0.170 e. The van der Waals surface area contributed by atoms with E-state index >= 15 is 0 Å². The first-order valence-electron chi connectivity index (χ1n) is 6.52. The maximum absolute atomic E-state index is 8.71. The molecule has 0 amide bonds. The third-order valence-corrected chi connectivity index (χ3v) is 3.90. The van der Waals surface area contributed by atoms with Gasteiger partial charge >= 0.3 is 0 Å². The van der Waals surface area contributed by atoms with Gasteiger partial charge < -0.3 is 26.6 Å². The second kappa shape index (κ2) is 10.9. The first kappa shape index (κ1) is 23.1. The van der Waals surface area contributed by atoms with Crippen molar-refractivity contribution in [2.75, 3.05) is 0 Å². The fourth-order valence-electron chi connectivity index (χ4n) is 1.87. The minimum Gasteiger partial charge on any atom is -0.488 e. The Morgan fingerprint density at radius 3 is 2.12 bits per heavy atom. The van der Waals surface area contributed by atoms with E-state index in [1.807, 2.05) is 6.07 Å². The first-order valence-corrected chi connectivity index (χ1v) is 7.60. The molecule has 0 aliphatic heterocycles. The van der Waals surface area contributed by atoms with Gasteiger partial charge in [-0.3, -0.25) is 0 Å². The molecule has 0 aliphatic rings. The molecule has 136 valence electrons. The minimum absolute atomic E-state index is 0. The summed E-state index contributed by atoms with van der Waals surface area (Å²) in [6.07, 6.45) is 0. The Bertz CT molecular complexity index is 772. The van der Waals surface area contributed by atoms with Crippen molar-refractivity contribution in [1.29, 1.82) is 0 Å². The highest BCUT2D eigenvalue weighted by Crippen LogP contribution is 2.23. The summed E-state index contributed by atoms with van der Waals surface area (Å²) in [5.74, 6) is 0.764. The van der Waals surface area contributed by atoms with E-state index < -0.39 is 0 Å². The van der Waals surface area contributed by atoms with Crippen molar-refractivity contribution in [1.82, 2.24) is 0 Å². The summed E-state index contributed by atoms with van der Waals surface area (Å²) in [6.45, 7) is 0.325. The van der Waals surface area contributed by atoms with Crippen molar-refractivity contribution in [3.8, 4) is 5.75 Å². The molecular formula is C15H17Cl2IN4O3. The lowest BCUT2D eigenvalue weighted by Crippen LogP contribution is -2.13. The Morgan fingerprint density at radius 2 is 1.56 bits per heavy atom. The molecule has 0 saturated heterocycles. The molecule has 2 aromatic carbocycles. The molecule has 0 atom stereocenters. The number of hydrogen-bond donors (Lipinski definition) is 4. The third-order valence-electron chi connectivity index (χ3n) is 3.06. The Morgan fingerprint density at radius 1 is 0.960 bits per heavy atom. The predicted octanol–water partition coefficient (Wildman–Crippen LogP) is 2.90. The SMILES string of the molecule is Cl.Cl.N/C(=N\O)c1cccc(COc2ccc(/C(N)=N/O)cc2I)c1. The monoisotopic (exact) mass is 498 g/mol. The van der Waals surface area contributed by atoms with Gasteiger partial charge in [-0.25, -0.2) is 0 Å². The second-order valence-corrected chi connectivity index (χ2v) is 5.77. The molecule has 25 heavy (non-hydrogen) atoms. The molecule has 0 fully saturated rings. The fourth-order valence-corrected chi connectivity index (χ4v) is 2.55. The van der Waals surface area contributed by atoms with Crippen LogP contribution in [0, 0.1) is 3.57 Å². The van der Waals surface area contributed by atoms with Crippen molar-refractivity contribution in [2.45, 2.75) is 6.61 Å². The molecule has 0 saturated carbocycles. The Hall–Kier alpha value is -1.91. The third kappa shape index (κ3) is 6.15. The lowest BCUT2D eigenvalue weighted by Gasteiger charge is -2.10. The van der Waals surface area contributed by atoms with Crippen LogP contribution in [0.1, 0.15) is 16.7 Å². The largest absolute Gasteiger partial charge is 0.488 e. The van der Waals surface area contributed by atoms with E-state index in [4.69, 9.17) is 26.6 Å². The zero-order valence-corrected chi connectivity index (χ0v) is 16.6. The highest BCUT2D eigenvalue weighted by Gasteiger charge is 2.07. The topological polar surface area (TPSA) is 126 Å². The summed E-state index contributed by atoms with van der Waals surface area (Å²) in [6, 6.07) is 12.4. The first-order chi connectivity index (χ1) is 11.0. The van der Waals surface area contributed by atoms with Crippen LogP contribution in [0.15, 0.2) is 52.8 Å². The van der Waals surface area contributed by atoms with Crippen LogP contribution in [-0.2, 0) is 6.61 Å². The minimum atomic E-state index is 0. The zero-order valence-electron chi connectivity index (χ0n) is 12.8. The molecule has 0 unspecified atom stereocenters. The molecule has 2 rings (SSSR count). The molecule has 0 spiro atoms. The summed E-state index contributed by atoms with van der Waals surface area (Å²) >= 11 is 2.11. The Balaban J connectivity index is 0.00000288. The predicted molar refractivity (Wildman–Crippen MR) is 109 cm³/mol. The van der Waals surface area contributed by atoms with E-state index in [0.717, 1.165) is 9.13 Å². The number of rotatable bonds is 5. The molecule has 10 heteroatoms. The number of amidine groups is 2. The average Bonchev–Trinajstić information content (AvgIpc) is 2.59. The number of oxime groups is 2. The summed E-state index contributed by atoms with van der Waals surface area (Å²) < 4.78 is 6.60. The van der Waals surface area contributed by atoms with Gasteiger partial charge in [0.05, 0.1) is 3.57 Å². The molecule has 0 heterocycles. The van der Waals surface area contributed by atoms with Gasteiger partial charge in [-0.2, -0.15) is 0 Å². The van der Waals surface area contributed by atoms with E-state index in [1.54, 1.807) is 36.4 Å². The standard InChI is InChI=1S/C15H15IN4O3.2ClH/c16-12-7-11(15(18)20-22)4-5-13(12)23-8-9-2-1-3-10(6-9)14(17)19-21;;/h1-7,21-22H,8H2,(H2,17,19)(H2,18,20);2*1H. The number of hydrogen-bond acceptors (Lipinski definition) is 5. The lowest BCUT2D eigenvalue weighted by atomic mass is 10.1. The molecule has 0 radical (unpaired) electrons. The van der Waals surface area contributed by atoms with Crippen LogP contribution in [0.3, 0.4) is 0 Å². The van der Waals surface area contributed by atoms with Crippen molar-refractivity contribution in [2.24, 2.45) is 21.8 Å². The second-order valence-electron chi connectivity index (χ2n) is 4.60. The average molecular weight is 499 g/mol. The van der Waals surface area contributed by atoms with Crippen LogP contribution in [0.4, 0.5) is 0 Å². The zero-order chi connectivity index (χ0) is 16.8. The Labute approximate surface area is 170 Å². The van der Waals surface area contributed by atoms with Crippen molar-refractivity contribution in [3.63, 3.8) is 0 Å². The molecule has 0 bridgehead atoms. The highest BCUT2D eigenvalue weighted by molar-refractivity contribution is 14.1. The molecule has 0 aromatic heterocycles. The maximum Gasteiger partial charge on any atom is 0.170 e. The summed E-state index contributed by atoms with van der Waals surface area (Å²) in [5, 5.41) is 23.3. The number of nitrogens with zero attached hydrogens (tertiary/aromatic N) is 2. The van der Waals surface area contributed by atoms with Gasteiger partial charge in [-0.1, -0.05) is 28.5 Å². The van der Waals surface area contributed by atoms with E-state index in [0.29, 0.717) is 23.5 Å². The summed E-state index contributed by atoms with van der Waals surface area (Å²) in [5.41, 5.74) is 13.2. The van der Waals surface area contributed by atoms with Gasteiger partial charge in [0.15, 0.2) is 11.7 Å².